The second-order valence-corrected chi connectivity index (χ2v) is 9.85. The second-order valence-electron chi connectivity index (χ2n) is 8.79. The fraction of sp³-hybridized carbons (Fsp3) is 0.385. The number of hydrogen-bond acceptors (Lipinski definition) is 4. The van der Waals surface area contributed by atoms with Gasteiger partial charge in [-0.05, 0) is 43.4 Å². The van der Waals surface area contributed by atoms with E-state index < -0.39 is 0 Å². The van der Waals surface area contributed by atoms with Crippen LogP contribution in [0.15, 0.2) is 58.5 Å². The summed E-state index contributed by atoms with van der Waals surface area (Å²) in [6, 6.07) is 16.4. The van der Waals surface area contributed by atoms with Gasteiger partial charge in [0.2, 0.25) is 0 Å². The third-order valence-corrected chi connectivity index (χ3v) is 7.79. The van der Waals surface area contributed by atoms with Crippen LogP contribution in [0.2, 0.25) is 0 Å². The molecule has 1 spiro atoms. The summed E-state index contributed by atoms with van der Waals surface area (Å²) in [6.07, 6.45) is 6.57. The fourth-order valence-corrected chi connectivity index (χ4v) is 6.19. The van der Waals surface area contributed by atoms with Gasteiger partial charge in [-0.15, -0.1) is 0 Å². The number of fused-ring (bicyclic) bond motifs is 4. The van der Waals surface area contributed by atoms with Crippen LogP contribution < -0.4 is 5.56 Å². The number of aliphatic hydroxyl groups excluding tert-OH is 1. The molecule has 1 fully saturated rings. The maximum absolute atomic E-state index is 14.3. The summed E-state index contributed by atoms with van der Waals surface area (Å²) in [5.41, 5.74) is 6.03. The first-order valence-corrected chi connectivity index (χ1v) is 12.2. The lowest BCUT2D eigenvalue weighted by atomic mass is 9.62. The van der Waals surface area contributed by atoms with E-state index in [9.17, 15) is 9.90 Å². The first-order chi connectivity index (χ1) is 15.1. The zero-order valence-corrected chi connectivity index (χ0v) is 18.8. The third-order valence-electron chi connectivity index (χ3n) is 6.87. The summed E-state index contributed by atoms with van der Waals surface area (Å²) in [7, 11) is 0. The molecule has 0 aliphatic heterocycles. The summed E-state index contributed by atoms with van der Waals surface area (Å²) in [6.45, 7) is 2.08. The van der Waals surface area contributed by atoms with E-state index in [1.807, 2.05) is 37.3 Å². The minimum Gasteiger partial charge on any atom is -0.396 e. The van der Waals surface area contributed by atoms with Crippen LogP contribution in [0, 0.1) is 6.92 Å². The van der Waals surface area contributed by atoms with Gasteiger partial charge < -0.3 is 5.11 Å². The highest BCUT2D eigenvalue weighted by atomic mass is 32.2. The maximum Gasteiger partial charge on any atom is 0.263 e. The Morgan fingerprint density at radius 1 is 1.06 bits per heavy atom. The number of rotatable bonds is 4. The van der Waals surface area contributed by atoms with Crippen LogP contribution in [-0.2, 0) is 11.8 Å². The van der Waals surface area contributed by atoms with Gasteiger partial charge in [0.1, 0.15) is 0 Å². The van der Waals surface area contributed by atoms with E-state index in [2.05, 4.69) is 18.2 Å². The highest BCUT2D eigenvalue weighted by molar-refractivity contribution is 7.99. The van der Waals surface area contributed by atoms with Crippen molar-refractivity contribution in [2.45, 2.75) is 56.0 Å². The van der Waals surface area contributed by atoms with Crippen molar-refractivity contribution < 1.29 is 5.11 Å². The highest BCUT2D eigenvalue weighted by Crippen LogP contribution is 2.49. The Balaban J connectivity index is 1.84. The van der Waals surface area contributed by atoms with E-state index in [-0.39, 0.29) is 17.6 Å². The second kappa shape index (κ2) is 8.29. The molecule has 1 aromatic heterocycles. The molecule has 160 valence electrons. The molecule has 2 aliphatic carbocycles. The molecule has 1 heterocycles. The van der Waals surface area contributed by atoms with Crippen molar-refractivity contribution in [1.29, 1.82) is 0 Å². The molecule has 2 aliphatic rings. The monoisotopic (exact) mass is 432 g/mol. The number of benzene rings is 2. The van der Waals surface area contributed by atoms with Gasteiger partial charge in [0.05, 0.1) is 23.6 Å². The van der Waals surface area contributed by atoms with E-state index in [4.69, 9.17) is 4.98 Å². The van der Waals surface area contributed by atoms with E-state index in [0.29, 0.717) is 10.9 Å². The van der Waals surface area contributed by atoms with Gasteiger partial charge in [0.25, 0.3) is 5.56 Å². The Hall–Kier alpha value is -2.37. The van der Waals surface area contributed by atoms with Gasteiger partial charge in [-0.2, -0.15) is 0 Å². The van der Waals surface area contributed by atoms with Crippen LogP contribution in [0.25, 0.3) is 16.9 Å². The summed E-state index contributed by atoms with van der Waals surface area (Å²) in [5.74, 6) is 0.504. The van der Waals surface area contributed by atoms with Gasteiger partial charge in [-0.1, -0.05) is 73.5 Å². The van der Waals surface area contributed by atoms with E-state index >= 15 is 0 Å². The van der Waals surface area contributed by atoms with Crippen molar-refractivity contribution in [2.24, 2.45) is 0 Å². The molecule has 3 aromatic rings. The number of nitrogens with zero attached hydrogens (tertiary/aromatic N) is 2. The molecule has 0 amide bonds. The van der Waals surface area contributed by atoms with Crippen LogP contribution in [0.3, 0.4) is 0 Å². The molecule has 1 N–H and O–H groups in total. The Morgan fingerprint density at radius 2 is 1.81 bits per heavy atom. The standard InChI is InChI=1S/C26H28N2O2S/c1-18-9-3-6-12-21(18)28-24(30)22-23(27-25(28)31-16-15-29)20-11-5-4-10-19(20)17-26(22)13-7-2-8-14-26/h3-6,9-12,29H,2,7-8,13-17H2,1H3. The highest BCUT2D eigenvalue weighted by Gasteiger charge is 2.43. The van der Waals surface area contributed by atoms with Crippen LogP contribution in [0.4, 0.5) is 0 Å². The van der Waals surface area contributed by atoms with Gasteiger partial charge >= 0.3 is 0 Å². The van der Waals surface area contributed by atoms with Crippen LogP contribution in [0.1, 0.15) is 48.8 Å². The van der Waals surface area contributed by atoms with Crippen LogP contribution in [0.5, 0.6) is 0 Å². The minimum atomic E-state index is -0.128. The van der Waals surface area contributed by atoms with Gasteiger partial charge in [0.15, 0.2) is 5.16 Å². The Morgan fingerprint density at radius 3 is 2.58 bits per heavy atom. The zero-order valence-electron chi connectivity index (χ0n) is 17.9. The summed E-state index contributed by atoms with van der Waals surface area (Å²) < 4.78 is 1.80. The normalized spacial score (nSPS) is 16.7. The summed E-state index contributed by atoms with van der Waals surface area (Å²) in [4.78, 5) is 19.4. The molecule has 0 unspecified atom stereocenters. The first kappa shape index (κ1) is 20.5. The van der Waals surface area contributed by atoms with Crippen molar-refractivity contribution in [3.05, 3.63) is 75.6 Å². The Kier molecular flexibility index (Phi) is 5.49. The smallest absolute Gasteiger partial charge is 0.263 e. The predicted octanol–water partition coefficient (Wildman–Crippen LogP) is 5.05. The molecule has 0 bridgehead atoms. The van der Waals surface area contributed by atoms with Crippen molar-refractivity contribution in [3.63, 3.8) is 0 Å². The van der Waals surface area contributed by atoms with Crippen LogP contribution in [-0.4, -0.2) is 27.0 Å². The van der Waals surface area contributed by atoms with Gasteiger partial charge in [-0.3, -0.25) is 9.36 Å². The molecule has 4 nitrogen and oxygen atoms in total. The molecule has 5 heteroatoms. The van der Waals surface area contributed by atoms with E-state index in [1.165, 1.54) is 23.7 Å². The van der Waals surface area contributed by atoms with Gasteiger partial charge in [-0.25, -0.2) is 4.98 Å². The minimum absolute atomic E-state index is 0.0475. The summed E-state index contributed by atoms with van der Waals surface area (Å²) in [5, 5.41) is 10.1. The lowest BCUT2D eigenvalue weighted by Gasteiger charge is -2.42. The molecule has 31 heavy (non-hydrogen) atoms. The number of thioether (sulfide) groups is 1. The number of aryl methyl sites for hydroxylation is 1. The lowest BCUT2D eigenvalue weighted by Crippen LogP contribution is -2.43. The molecule has 0 saturated heterocycles. The fourth-order valence-electron chi connectivity index (χ4n) is 5.45. The molecule has 0 atom stereocenters. The average Bonchev–Trinajstić information content (AvgIpc) is 2.79. The third kappa shape index (κ3) is 3.44. The SMILES string of the molecule is Cc1ccccc1-n1c(SCCO)nc2c(c1=O)C1(CCCCC1)Cc1ccccc1-2. The Labute approximate surface area is 187 Å². The first-order valence-electron chi connectivity index (χ1n) is 11.2. The quantitative estimate of drug-likeness (QED) is 0.463. The predicted molar refractivity (Wildman–Crippen MR) is 126 cm³/mol. The number of aromatic nitrogens is 2. The molecule has 2 aromatic carbocycles. The molecule has 1 saturated carbocycles. The van der Waals surface area contributed by atoms with E-state index in [1.54, 1.807) is 4.57 Å². The van der Waals surface area contributed by atoms with Crippen LogP contribution >= 0.6 is 11.8 Å². The van der Waals surface area contributed by atoms with E-state index in [0.717, 1.165) is 60.2 Å². The van der Waals surface area contributed by atoms with Gasteiger partial charge in [0, 0.05) is 16.7 Å². The molecule has 5 rings (SSSR count). The van der Waals surface area contributed by atoms with Crippen molar-refractivity contribution >= 4 is 11.8 Å². The van der Waals surface area contributed by atoms with Crippen molar-refractivity contribution in [2.75, 3.05) is 12.4 Å². The number of hydrogen-bond donors (Lipinski definition) is 1. The molecule has 0 radical (unpaired) electrons. The number of aliphatic hydroxyl groups is 1. The lowest BCUT2D eigenvalue weighted by molar-refractivity contribution is 0.283. The maximum atomic E-state index is 14.3. The largest absolute Gasteiger partial charge is 0.396 e. The molecular formula is C26H28N2O2S. The number of para-hydroxylation sites is 1. The van der Waals surface area contributed by atoms with Crippen molar-refractivity contribution in [1.82, 2.24) is 9.55 Å². The van der Waals surface area contributed by atoms with Crippen molar-refractivity contribution in [3.8, 4) is 16.9 Å². The summed E-state index contributed by atoms with van der Waals surface area (Å²) >= 11 is 1.45. The average molecular weight is 433 g/mol. The molecular weight excluding hydrogens is 404 g/mol. The zero-order chi connectivity index (χ0) is 21.4. The Bertz CT molecular complexity index is 1180. The topological polar surface area (TPSA) is 55.1 Å².